The molecule has 0 atom stereocenters. The lowest BCUT2D eigenvalue weighted by Gasteiger charge is -2.04. The Hall–Kier alpha value is -1.93. The van der Waals surface area contributed by atoms with Crippen molar-refractivity contribution in [3.8, 4) is 11.1 Å². The van der Waals surface area contributed by atoms with Gasteiger partial charge in [0, 0.05) is 29.0 Å². The molecule has 0 unspecified atom stereocenters. The van der Waals surface area contributed by atoms with Gasteiger partial charge in [-0.05, 0) is 36.1 Å². The molecule has 0 spiro atoms. The molecule has 0 saturated carbocycles. The first-order chi connectivity index (χ1) is 8.72. The monoisotopic (exact) mass is 254 g/mol. The van der Waals surface area contributed by atoms with Crippen LogP contribution in [0.4, 0.5) is 0 Å². The summed E-state index contributed by atoms with van der Waals surface area (Å²) in [5, 5.41) is 2.69. The van der Waals surface area contributed by atoms with Crippen LogP contribution in [0, 0.1) is 6.92 Å². The third-order valence-electron chi connectivity index (χ3n) is 2.93. The molecule has 0 fully saturated rings. The fourth-order valence-electron chi connectivity index (χ4n) is 1.93. The van der Waals surface area contributed by atoms with E-state index in [1.165, 1.54) is 0 Å². The van der Waals surface area contributed by atoms with E-state index in [0.29, 0.717) is 5.15 Å². The number of aromatic nitrogens is 2. The molecule has 0 aliphatic heterocycles. The van der Waals surface area contributed by atoms with Crippen molar-refractivity contribution in [2.24, 2.45) is 0 Å². The minimum absolute atomic E-state index is 0.515. The summed E-state index contributed by atoms with van der Waals surface area (Å²) in [5.41, 5.74) is 3.26. The quantitative estimate of drug-likeness (QED) is 0.607. The van der Waals surface area contributed by atoms with Crippen LogP contribution < -0.4 is 0 Å². The van der Waals surface area contributed by atoms with Crippen molar-refractivity contribution < 1.29 is 0 Å². The van der Waals surface area contributed by atoms with E-state index in [0.717, 1.165) is 27.6 Å². The molecule has 0 N–H and O–H groups in total. The third kappa shape index (κ3) is 2.07. The summed E-state index contributed by atoms with van der Waals surface area (Å²) < 4.78 is 0. The molecule has 2 heterocycles. The van der Waals surface area contributed by atoms with Gasteiger partial charge >= 0.3 is 0 Å². The summed E-state index contributed by atoms with van der Waals surface area (Å²) in [6.45, 7) is 1.98. The average Bonchev–Trinajstić information content (AvgIpc) is 2.38. The maximum absolute atomic E-state index is 5.91. The van der Waals surface area contributed by atoms with Gasteiger partial charge in [-0.25, -0.2) is 4.98 Å². The molecule has 3 heteroatoms. The molecule has 0 saturated heterocycles. The largest absolute Gasteiger partial charge is 0.261 e. The Morgan fingerprint density at radius 2 is 1.67 bits per heavy atom. The molecule has 0 amide bonds. The number of hydrogen-bond donors (Lipinski definition) is 0. The second kappa shape index (κ2) is 4.39. The highest BCUT2D eigenvalue weighted by Gasteiger charge is 2.01. The highest BCUT2D eigenvalue weighted by Crippen LogP contribution is 2.25. The van der Waals surface area contributed by atoms with Gasteiger partial charge in [0.15, 0.2) is 0 Å². The summed E-state index contributed by atoms with van der Waals surface area (Å²) in [4.78, 5) is 8.39. The van der Waals surface area contributed by atoms with E-state index in [-0.39, 0.29) is 0 Å². The molecule has 0 bridgehead atoms. The van der Waals surface area contributed by atoms with Crippen molar-refractivity contribution in [3.05, 3.63) is 59.6 Å². The third-order valence-corrected chi connectivity index (χ3v) is 3.14. The first-order valence-corrected chi connectivity index (χ1v) is 6.08. The van der Waals surface area contributed by atoms with Crippen molar-refractivity contribution in [1.82, 2.24) is 9.97 Å². The van der Waals surface area contributed by atoms with Crippen molar-refractivity contribution in [2.75, 3.05) is 0 Å². The molecule has 1 aromatic carbocycles. The lowest BCUT2D eigenvalue weighted by Crippen LogP contribution is -1.84. The Bertz CT molecular complexity index is 705. The Morgan fingerprint density at radius 1 is 0.833 bits per heavy atom. The average molecular weight is 255 g/mol. The number of nitrogens with zero attached hydrogens (tertiary/aromatic N) is 2. The molecule has 3 rings (SSSR count). The topological polar surface area (TPSA) is 25.8 Å². The van der Waals surface area contributed by atoms with Crippen LogP contribution in [0.1, 0.15) is 5.69 Å². The van der Waals surface area contributed by atoms with E-state index >= 15 is 0 Å². The molecule has 2 aromatic heterocycles. The van der Waals surface area contributed by atoms with Gasteiger partial charge in [0.1, 0.15) is 5.15 Å². The predicted octanol–water partition coefficient (Wildman–Crippen LogP) is 4.26. The van der Waals surface area contributed by atoms with Gasteiger partial charge in [-0.3, -0.25) is 4.98 Å². The Kier molecular flexibility index (Phi) is 2.73. The minimum Gasteiger partial charge on any atom is -0.261 e. The van der Waals surface area contributed by atoms with Crippen LogP contribution in [0.15, 0.2) is 48.8 Å². The Balaban J connectivity index is 2.15. The summed E-state index contributed by atoms with van der Waals surface area (Å²) >= 11 is 5.91. The first-order valence-electron chi connectivity index (χ1n) is 5.71. The van der Waals surface area contributed by atoms with Crippen LogP contribution in [0.3, 0.4) is 0 Å². The zero-order valence-corrected chi connectivity index (χ0v) is 10.6. The lowest BCUT2D eigenvalue weighted by atomic mass is 10.0. The zero-order chi connectivity index (χ0) is 12.5. The van der Waals surface area contributed by atoms with E-state index in [2.05, 4.69) is 28.2 Å². The van der Waals surface area contributed by atoms with E-state index in [1.54, 1.807) is 6.20 Å². The van der Waals surface area contributed by atoms with Gasteiger partial charge in [0.25, 0.3) is 0 Å². The number of halogens is 1. The second-order valence-electron chi connectivity index (χ2n) is 4.26. The van der Waals surface area contributed by atoms with Crippen molar-refractivity contribution in [1.29, 1.82) is 0 Å². The van der Waals surface area contributed by atoms with Crippen LogP contribution in [0.5, 0.6) is 0 Å². The summed E-state index contributed by atoms with van der Waals surface area (Å²) in [6.07, 6.45) is 3.67. The highest BCUT2D eigenvalue weighted by molar-refractivity contribution is 6.30. The molecule has 3 aromatic rings. The highest BCUT2D eigenvalue weighted by atomic mass is 35.5. The molecule has 88 valence electrons. The number of hydrogen-bond acceptors (Lipinski definition) is 2. The predicted molar refractivity (Wildman–Crippen MR) is 74.7 cm³/mol. The standard InChI is InChI=1S/C15H11ClN2/c1-10-2-3-12(8-17-10)11-4-5-13-9-18-15(16)7-14(13)6-11/h2-9H,1H3. The molecular weight excluding hydrogens is 244 g/mol. The number of aryl methyl sites for hydroxylation is 1. The maximum Gasteiger partial charge on any atom is 0.129 e. The van der Waals surface area contributed by atoms with Gasteiger partial charge in [0.2, 0.25) is 0 Å². The van der Waals surface area contributed by atoms with Gasteiger partial charge in [-0.2, -0.15) is 0 Å². The molecule has 18 heavy (non-hydrogen) atoms. The van der Waals surface area contributed by atoms with Crippen LogP contribution in [-0.2, 0) is 0 Å². The van der Waals surface area contributed by atoms with Crippen LogP contribution in [0.2, 0.25) is 5.15 Å². The van der Waals surface area contributed by atoms with Crippen molar-refractivity contribution in [3.63, 3.8) is 0 Å². The summed E-state index contributed by atoms with van der Waals surface area (Å²) in [7, 11) is 0. The fraction of sp³-hybridized carbons (Fsp3) is 0.0667. The minimum atomic E-state index is 0.515. The lowest BCUT2D eigenvalue weighted by molar-refractivity contribution is 1.20. The summed E-state index contributed by atoms with van der Waals surface area (Å²) in [5.74, 6) is 0. The summed E-state index contributed by atoms with van der Waals surface area (Å²) in [6, 6.07) is 12.2. The Labute approximate surface area is 110 Å². The first kappa shape index (κ1) is 11.2. The smallest absolute Gasteiger partial charge is 0.129 e. The van der Waals surface area contributed by atoms with Crippen molar-refractivity contribution in [2.45, 2.75) is 6.92 Å². The van der Waals surface area contributed by atoms with Crippen LogP contribution >= 0.6 is 11.6 Å². The normalized spacial score (nSPS) is 10.8. The van der Waals surface area contributed by atoms with Crippen LogP contribution in [0.25, 0.3) is 21.9 Å². The SMILES string of the molecule is Cc1ccc(-c2ccc3cnc(Cl)cc3c2)cn1. The van der Waals surface area contributed by atoms with Gasteiger partial charge in [-0.15, -0.1) is 0 Å². The van der Waals surface area contributed by atoms with Crippen LogP contribution in [-0.4, -0.2) is 9.97 Å². The number of rotatable bonds is 1. The van der Waals surface area contributed by atoms with E-state index in [1.807, 2.05) is 31.3 Å². The maximum atomic E-state index is 5.91. The van der Waals surface area contributed by atoms with Crippen molar-refractivity contribution >= 4 is 22.4 Å². The molecule has 0 aliphatic rings. The Morgan fingerprint density at radius 3 is 2.44 bits per heavy atom. The van der Waals surface area contributed by atoms with E-state index < -0.39 is 0 Å². The zero-order valence-electron chi connectivity index (χ0n) is 9.89. The number of pyridine rings is 2. The van der Waals surface area contributed by atoms with Gasteiger partial charge in [-0.1, -0.05) is 29.8 Å². The molecule has 0 radical (unpaired) electrons. The van der Waals surface area contributed by atoms with E-state index in [4.69, 9.17) is 11.6 Å². The second-order valence-corrected chi connectivity index (χ2v) is 4.64. The molecule has 2 nitrogen and oxygen atoms in total. The molecular formula is C15H11ClN2. The number of fused-ring (bicyclic) bond motifs is 1. The number of benzene rings is 1. The van der Waals surface area contributed by atoms with Gasteiger partial charge < -0.3 is 0 Å². The fourth-order valence-corrected chi connectivity index (χ4v) is 2.10. The van der Waals surface area contributed by atoms with Gasteiger partial charge in [0.05, 0.1) is 0 Å². The van der Waals surface area contributed by atoms with E-state index in [9.17, 15) is 0 Å². The molecule has 0 aliphatic carbocycles.